The molecule has 2 atom stereocenters. The van der Waals surface area contributed by atoms with E-state index in [0.29, 0.717) is 15.7 Å². The topological polar surface area (TPSA) is 75.7 Å². The molecule has 0 unspecified atom stereocenters. The van der Waals surface area contributed by atoms with Gasteiger partial charge in [0, 0.05) is 18.0 Å². The van der Waals surface area contributed by atoms with Crippen molar-refractivity contribution in [3.05, 3.63) is 64.1 Å². The summed E-state index contributed by atoms with van der Waals surface area (Å²) in [4.78, 5) is 38.2. The van der Waals surface area contributed by atoms with Crippen LogP contribution in [0.5, 0.6) is 0 Å². The summed E-state index contributed by atoms with van der Waals surface area (Å²) in [7, 11) is 0. The Morgan fingerprint density at radius 2 is 1.93 bits per heavy atom. The van der Waals surface area contributed by atoms with Gasteiger partial charge >= 0.3 is 5.97 Å². The Labute approximate surface area is 178 Å². The van der Waals surface area contributed by atoms with E-state index in [9.17, 15) is 14.4 Å². The molecule has 1 fully saturated rings. The Balaban J connectivity index is 1.53. The predicted octanol–water partition coefficient (Wildman–Crippen LogP) is 3.77. The van der Waals surface area contributed by atoms with Crippen LogP contribution in [0.3, 0.4) is 0 Å². The van der Waals surface area contributed by atoms with E-state index < -0.39 is 24.4 Å². The Hall–Kier alpha value is -2.57. The van der Waals surface area contributed by atoms with Crippen LogP contribution in [0.25, 0.3) is 0 Å². The first-order valence-corrected chi connectivity index (χ1v) is 9.87. The highest BCUT2D eigenvalue weighted by atomic mass is 35.5. The number of rotatable bonds is 6. The molecule has 3 rings (SSSR count). The number of esters is 1. The van der Waals surface area contributed by atoms with E-state index in [2.05, 4.69) is 5.32 Å². The molecule has 0 saturated carbocycles. The van der Waals surface area contributed by atoms with Gasteiger partial charge in [0.1, 0.15) is 0 Å². The van der Waals surface area contributed by atoms with E-state index in [4.69, 9.17) is 27.9 Å². The monoisotopic (exact) mass is 434 g/mol. The fourth-order valence-corrected chi connectivity index (χ4v) is 3.54. The molecule has 1 aliphatic heterocycles. The summed E-state index contributed by atoms with van der Waals surface area (Å²) < 4.78 is 5.12. The van der Waals surface area contributed by atoms with Crippen LogP contribution in [0.4, 0.5) is 5.69 Å². The lowest BCUT2D eigenvalue weighted by atomic mass is 10.1. The SMILES string of the molecule is C[C@H](NC(=O)COC(=O)[C@@H]1CC(=O)N(c2cc(Cl)ccc2Cl)C1)c1ccccc1. The summed E-state index contributed by atoms with van der Waals surface area (Å²) in [6.45, 7) is 1.57. The second kappa shape index (κ2) is 9.29. The molecule has 152 valence electrons. The van der Waals surface area contributed by atoms with Gasteiger partial charge in [-0.3, -0.25) is 14.4 Å². The maximum atomic E-state index is 12.3. The number of nitrogens with one attached hydrogen (secondary N) is 1. The normalized spacial score (nSPS) is 17.1. The maximum absolute atomic E-state index is 12.3. The minimum atomic E-state index is -0.670. The number of amides is 2. The highest BCUT2D eigenvalue weighted by Gasteiger charge is 2.37. The summed E-state index contributed by atoms with van der Waals surface area (Å²) in [6, 6.07) is 14.0. The number of hydrogen-bond acceptors (Lipinski definition) is 4. The largest absolute Gasteiger partial charge is 0.455 e. The highest BCUT2D eigenvalue weighted by molar-refractivity contribution is 6.35. The number of hydrogen-bond donors (Lipinski definition) is 1. The Bertz CT molecular complexity index is 920. The number of benzene rings is 2. The molecule has 29 heavy (non-hydrogen) atoms. The third kappa shape index (κ3) is 5.28. The molecule has 6 nitrogen and oxygen atoms in total. The lowest BCUT2D eigenvalue weighted by Gasteiger charge is -2.18. The van der Waals surface area contributed by atoms with Crippen LogP contribution in [0.1, 0.15) is 24.9 Å². The molecule has 1 N–H and O–H groups in total. The summed E-state index contributed by atoms with van der Waals surface area (Å²) in [5.41, 5.74) is 1.40. The first-order chi connectivity index (χ1) is 13.8. The third-order valence-corrected chi connectivity index (χ3v) is 5.23. The predicted molar refractivity (Wildman–Crippen MR) is 111 cm³/mol. The van der Waals surface area contributed by atoms with Crippen LogP contribution in [0, 0.1) is 5.92 Å². The van der Waals surface area contributed by atoms with Gasteiger partial charge < -0.3 is 15.0 Å². The van der Waals surface area contributed by atoms with Gasteiger partial charge in [-0.15, -0.1) is 0 Å². The van der Waals surface area contributed by atoms with Gasteiger partial charge in [-0.05, 0) is 30.7 Å². The lowest BCUT2D eigenvalue weighted by molar-refractivity contribution is -0.152. The van der Waals surface area contributed by atoms with Crippen molar-refractivity contribution in [3.8, 4) is 0 Å². The van der Waals surface area contributed by atoms with Crippen molar-refractivity contribution in [1.82, 2.24) is 5.32 Å². The van der Waals surface area contributed by atoms with Crippen molar-refractivity contribution >= 4 is 46.7 Å². The van der Waals surface area contributed by atoms with Crippen molar-refractivity contribution in [2.45, 2.75) is 19.4 Å². The van der Waals surface area contributed by atoms with Crippen molar-refractivity contribution in [1.29, 1.82) is 0 Å². The molecule has 2 amide bonds. The highest BCUT2D eigenvalue weighted by Crippen LogP contribution is 2.33. The number of carbonyl (C=O) groups is 3. The zero-order valence-corrected chi connectivity index (χ0v) is 17.2. The van der Waals surface area contributed by atoms with Gasteiger partial charge in [0.15, 0.2) is 6.61 Å². The average Bonchev–Trinajstić information content (AvgIpc) is 3.10. The molecule has 0 radical (unpaired) electrons. The molecule has 0 aliphatic carbocycles. The van der Waals surface area contributed by atoms with E-state index in [0.717, 1.165) is 5.56 Å². The van der Waals surface area contributed by atoms with Gasteiger partial charge in [0.05, 0.1) is 22.7 Å². The molecular formula is C21H20Cl2N2O4. The van der Waals surface area contributed by atoms with Gasteiger partial charge in [-0.1, -0.05) is 53.5 Å². The van der Waals surface area contributed by atoms with Crippen molar-refractivity contribution < 1.29 is 19.1 Å². The molecule has 0 aromatic heterocycles. The van der Waals surface area contributed by atoms with Crippen molar-refractivity contribution in [3.63, 3.8) is 0 Å². The smallest absolute Gasteiger partial charge is 0.311 e. The van der Waals surface area contributed by atoms with Crippen LogP contribution < -0.4 is 10.2 Å². The number of anilines is 1. The molecule has 1 saturated heterocycles. The fourth-order valence-electron chi connectivity index (χ4n) is 3.15. The van der Waals surface area contributed by atoms with E-state index in [-0.39, 0.29) is 24.9 Å². The van der Waals surface area contributed by atoms with Crippen LogP contribution in [-0.2, 0) is 19.1 Å². The van der Waals surface area contributed by atoms with Gasteiger partial charge in [0.25, 0.3) is 5.91 Å². The Morgan fingerprint density at radius 1 is 1.21 bits per heavy atom. The minimum Gasteiger partial charge on any atom is -0.455 e. The first kappa shape index (κ1) is 21.1. The number of ether oxygens (including phenoxy) is 1. The number of carbonyl (C=O) groups excluding carboxylic acids is 3. The van der Waals surface area contributed by atoms with Gasteiger partial charge in [0.2, 0.25) is 5.91 Å². The molecule has 0 spiro atoms. The number of nitrogens with zero attached hydrogens (tertiary/aromatic N) is 1. The maximum Gasteiger partial charge on any atom is 0.311 e. The van der Waals surface area contributed by atoms with Crippen LogP contribution in [-0.4, -0.2) is 30.9 Å². The summed E-state index contributed by atoms with van der Waals surface area (Å²) in [5.74, 6) is -1.93. The standard InChI is InChI=1S/C21H20Cl2N2O4/c1-13(14-5-3-2-4-6-14)24-19(26)12-29-21(28)15-9-20(27)25(11-15)18-10-16(22)7-8-17(18)23/h2-8,10,13,15H,9,11-12H2,1H3,(H,24,26)/t13-,15+/m0/s1. The quantitative estimate of drug-likeness (QED) is 0.702. The van der Waals surface area contributed by atoms with Gasteiger partial charge in [-0.25, -0.2) is 0 Å². The van der Waals surface area contributed by atoms with Crippen LogP contribution >= 0.6 is 23.2 Å². The summed E-state index contributed by atoms with van der Waals surface area (Å²) in [6.07, 6.45) is -0.0102. The minimum absolute atomic E-state index is 0.0102. The lowest BCUT2D eigenvalue weighted by Crippen LogP contribution is -2.32. The molecule has 2 aromatic rings. The van der Waals surface area contributed by atoms with Crippen LogP contribution in [0.2, 0.25) is 10.0 Å². The summed E-state index contributed by atoms with van der Waals surface area (Å²) in [5, 5.41) is 3.58. The summed E-state index contributed by atoms with van der Waals surface area (Å²) >= 11 is 12.1. The van der Waals surface area contributed by atoms with Crippen molar-refractivity contribution in [2.75, 3.05) is 18.1 Å². The molecule has 1 heterocycles. The first-order valence-electron chi connectivity index (χ1n) is 9.11. The third-order valence-electron chi connectivity index (χ3n) is 4.68. The zero-order chi connectivity index (χ0) is 21.0. The van der Waals surface area contributed by atoms with Crippen molar-refractivity contribution in [2.24, 2.45) is 5.92 Å². The van der Waals surface area contributed by atoms with E-state index >= 15 is 0 Å². The second-order valence-electron chi connectivity index (χ2n) is 6.81. The Kier molecular flexibility index (Phi) is 6.77. The van der Waals surface area contributed by atoms with Crippen LogP contribution in [0.15, 0.2) is 48.5 Å². The molecular weight excluding hydrogens is 415 g/mol. The Morgan fingerprint density at radius 3 is 2.66 bits per heavy atom. The molecule has 0 bridgehead atoms. The zero-order valence-electron chi connectivity index (χ0n) is 15.7. The van der Waals surface area contributed by atoms with E-state index in [1.54, 1.807) is 18.2 Å². The average molecular weight is 435 g/mol. The second-order valence-corrected chi connectivity index (χ2v) is 7.65. The molecule has 8 heteroatoms. The van der Waals surface area contributed by atoms with E-state index in [1.165, 1.54) is 4.90 Å². The molecule has 2 aromatic carbocycles. The fraction of sp³-hybridized carbons (Fsp3) is 0.286. The number of halogens is 2. The van der Waals surface area contributed by atoms with E-state index in [1.807, 2.05) is 37.3 Å². The molecule has 1 aliphatic rings. The van der Waals surface area contributed by atoms with Gasteiger partial charge in [-0.2, -0.15) is 0 Å².